The fourth-order valence-corrected chi connectivity index (χ4v) is 3.27. The summed E-state index contributed by atoms with van der Waals surface area (Å²) < 4.78 is 11.3. The standard InChI is InChI=1S/C16H22N2O3/c1-12-7-13(10-17-9-12)15(19)18-5-3-16(4-6-18)8-14(20-2)11-21-16/h7,9-10,14H,3-6,8,11H2,1-2H3/t14-/m0/s1. The second-order valence-corrected chi connectivity index (χ2v) is 6.10. The number of hydrogen-bond donors (Lipinski definition) is 0. The van der Waals surface area contributed by atoms with E-state index in [9.17, 15) is 4.79 Å². The summed E-state index contributed by atoms with van der Waals surface area (Å²) in [7, 11) is 1.73. The van der Waals surface area contributed by atoms with Crippen LogP contribution in [0, 0.1) is 6.92 Å². The molecule has 0 saturated carbocycles. The average molecular weight is 290 g/mol. The number of carbonyl (C=O) groups is 1. The third kappa shape index (κ3) is 2.94. The van der Waals surface area contributed by atoms with Crippen LogP contribution in [0.25, 0.3) is 0 Å². The SMILES string of the molecule is CO[C@@H]1COC2(CCN(C(=O)c3cncc(C)c3)CC2)C1. The highest BCUT2D eigenvalue weighted by molar-refractivity contribution is 5.94. The van der Waals surface area contributed by atoms with Gasteiger partial charge in [0.2, 0.25) is 0 Å². The van der Waals surface area contributed by atoms with Crippen LogP contribution >= 0.6 is 0 Å². The second-order valence-electron chi connectivity index (χ2n) is 6.10. The Morgan fingerprint density at radius 1 is 1.43 bits per heavy atom. The van der Waals surface area contributed by atoms with Gasteiger partial charge < -0.3 is 14.4 Å². The summed E-state index contributed by atoms with van der Waals surface area (Å²) in [5.41, 5.74) is 1.60. The molecular formula is C16H22N2O3. The minimum Gasteiger partial charge on any atom is -0.379 e. The fraction of sp³-hybridized carbons (Fsp3) is 0.625. The predicted molar refractivity (Wildman–Crippen MR) is 78.2 cm³/mol. The molecular weight excluding hydrogens is 268 g/mol. The van der Waals surface area contributed by atoms with Crippen molar-refractivity contribution in [1.29, 1.82) is 0 Å². The van der Waals surface area contributed by atoms with Gasteiger partial charge in [-0.05, 0) is 31.4 Å². The number of aryl methyl sites for hydroxylation is 1. The molecule has 21 heavy (non-hydrogen) atoms. The highest BCUT2D eigenvalue weighted by Crippen LogP contribution is 2.37. The molecule has 2 aliphatic heterocycles. The number of rotatable bonds is 2. The van der Waals surface area contributed by atoms with E-state index < -0.39 is 0 Å². The predicted octanol–water partition coefficient (Wildman–Crippen LogP) is 1.80. The number of nitrogens with zero attached hydrogens (tertiary/aromatic N) is 2. The molecule has 1 spiro atoms. The first kappa shape index (κ1) is 14.5. The van der Waals surface area contributed by atoms with Gasteiger partial charge >= 0.3 is 0 Å². The van der Waals surface area contributed by atoms with E-state index in [4.69, 9.17) is 9.47 Å². The fourth-order valence-electron chi connectivity index (χ4n) is 3.27. The van der Waals surface area contributed by atoms with Crippen LogP contribution in [0.3, 0.4) is 0 Å². The van der Waals surface area contributed by atoms with Crippen LogP contribution in [-0.4, -0.2) is 54.3 Å². The van der Waals surface area contributed by atoms with Crippen molar-refractivity contribution in [3.8, 4) is 0 Å². The van der Waals surface area contributed by atoms with Crippen molar-refractivity contribution < 1.29 is 14.3 Å². The lowest BCUT2D eigenvalue weighted by molar-refractivity contribution is -0.0402. The summed E-state index contributed by atoms with van der Waals surface area (Å²) in [5, 5.41) is 0. The number of carbonyl (C=O) groups excluding carboxylic acids is 1. The maximum Gasteiger partial charge on any atom is 0.255 e. The lowest BCUT2D eigenvalue weighted by Crippen LogP contribution is -2.46. The Bertz CT molecular complexity index is 524. The maximum atomic E-state index is 12.5. The summed E-state index contributed by atoms with van der Waals surface area (Å²) in [6, 6.07) is 1.90. The van der Waals surface area contributed by atoms with Gasteiger partial charge in [0.1, 0.15) is 0 Å². The zero-order valence-corrected chi connectivity index (χ0v) is 12.7. The summed E-state index contributed by atoms with van der Waals surface area (Å²) in [6.45, 7) is 4.10. The molecule has 0 bridgehead atoms. The Hall–Kier alpha value is -1.46. The van der Waals surface area contributed by atoms with Gasteiger partial charge in [0, 0.05) is 39.0 Å². The Morgan fingerprint density at radius 3 is 2.81 bits per heavy atom. The average Bonchev–Trinajstić information content (AvgIpc) is 2.90. The third-order valence-corrected chi connectivity index (χ3v) is 4.59. The van der Waals surface area contributed by atoms with E-state index in [1.165, 1.54) is 0 Å². The molecule has 2 aliphatic rings. The van der Waals surface area contributed by atoms with E-state index in [1.54, 1.807) is 19.5 Å². The smallest absolute Gasteiger partial charge is 0.255 e. The van der Waals surface area contributed by atoms with Crippen molar-refractivity contribution in [2.75, 3.05) is 26.8 Å². The first-order valence-electron chi connectivity index (χ1n) is 7.50. The molecule has 0 aromatic carbocycles. The number of methoxy groups -OCH3 is 1. The molecule has 3 rings (SSSR count). The highest BCUT2D eigenvalue weighted by atomic mass is 16.6. The largest absolute Gasteiger partial charge is 0.379 e. The maximum absolute atomic E-state index is 12.5. The van der Waals surface area contributed by atoms with Gasteiger partial charge in [0.15, 0.2) is 0 Å². The normalized spacial score (nSPS) is 24.5. The van der Waals surface area contributed by atoms with Crippen molar-refractivity contribution in [3.05, 3.63) is 29.6 Å². The van der Waals surface area contributed by atoms with E-state index in [0.717, 1.165) is 37.9 Å². The molecule has 2 fully saturated rings. The molecule has 0 aliphatic carbocycles. The monoisotopic (exact) mass is 290 g/mol. The number of hydrogen-bond acceptors (Lipinski definition) is 4. The first-order valence-corrected chi connectivity index (χ1v) is 7.50. The molecule has 0 N–H and O–H groups in total. The van der Waals surface area contributed by atoms with E-state index in [0.29, 0.717) is 12.2 Å². The Balaban J connectivity index is 1.62. The minimum absolute atomic E-state index is 0.0716. The second kappa shape index (κ2) is 5.73. The van der Waals surface area contributed by atoms with Gasteiger partial charge in [-0.3, -0.25) is 9.78 Å². The topological polar surface area (TPSA) is 51.7 Å². The van der Waals surface area contributed by atoms with Gasteiger partial charge in [-0.25, -0.2) is 0 Å². The van der Waals surface area contributed by atoms with Gasteiger partial charge in [-0.1, -0.05) is 0 Å². The summed E-state index contributed by atoms with van der Waals surface area (Å²) in [4.78, 5) is 18.5. The summed E-state index contributed by atoms with van der Waals surface area (Å²) in [5.74, 6) is 0.0716. The van der Waals surface area contributed by atoms with Crippen LogP contribution in [0.1, 0.15) is 35.2 Å². The van der Waals surface area contributed by atoms with Crippen molar-refractivity contribution in [1.82, 2.24) is 9.88 Å². The van der Waals surface area contributed by atoms with Crippen LogP contribution in [0.2, 0.25) is 0 Å². The minimum atomic E-state index is -0.0810. The molecule has 2 saturated heterocycles. The zero-order valence-electron chi connectivity index (χ0n) is 12.7. The van der Waals surface area contributed by atoms with Crippen molar-refractivity contribution in [2.24, 2.45) is 0 Å². The highest BCUT2D eigenvalue weighted by Gasteiger charge is 2.43. The van der Waals surface area contributed by atoms with Crippen LogP contribution in [-0.2, 0) is 9.47 Å². The number of ether oxygens (including phenoxy) is 2. The molecule has 0 unspecified atom stereocenters. The lowest BCUT2D eigenvalue weighted by atomic mass is 9.87. The van der Waals surface area contributed by atoms with Crippen molar-refractivity contribution >= 4 is 5.91 Å². The summed E-state index contributed by atoms with van der Waals surface area (Å²) in [6.07, 6.45) is 6.33. The molecule has 1 aromatic rings. The first-order chi connectivity index (χ1) is 10.1. The Morgan fingerprint density at radius 2 is 2.19 bits per heavy atom. The molecule has 114 valence electrons. The zero-order chi connectivity index (χ0) is 14.9. The van der Waals surface area contributed by atoms with E-state index in [2.05, 4.69) is 4.98 Å². The number of likely N-dealkylation sites (tertiary alicyclic amines) is 1. The molecule has 1 amide bonds. The molecule has 1 atom stereocenters. The number of amides is 1. The van der Waals surface area contributed by atoms with Crippen molar-refractivity contribution in [3.63, 3.8) is 0 Å². The third-order valence-electron chi connectivity index (χ3n) is 4.59. The molecule has 5 nitrogen and oxygen atoms in total. The van der Waals surface area contributed by atoms with E-state index in [1.807, 2.05) is 17.9 Å². The lowest BCUT2D eigenvalue weighted by Gasteiger charge is -2.38. The number of pyridine rings is 1. The van der Waals surface area contributed by atoms with Gasteiger partial charge in [-0.15, -0.1) is 0 Å². The van der Waals surface area contributed by atoms with Crippen LogP contribution in [0.4, 0.5) is 0 Å². The van der Waals surface area contributed by atoms with Crippen LogP contribution in [0.5, 0.6) is 0 Å². The quantitative estimate of drug-likeness (QED) is 0.833. The molecule has 3 heterocycles. The Kier molecular flexibility index (Phi) is 3.95. The number of piperidine rings is 1. The van der Waals surface area contributed by atoms with Crippen LogP contribution < -0.4 is 0 Å². The number of aromatic nitrogens is 1. The van der Waals surface area contributed by atoms with Gasteiger partial charge in [0.05, 0.1) is 23.9 Å². The van der Waals surface area contributed by atoms with E-state index >= 15 is 0 Å². The van der Waals surface area contributed by atoms with Gasteiger partial charge in [-0.2, -0.15) is 0 Å². The molecule has 5 heteroatoms. The van der Waals surface area contributed by atoms with Crippen LogP contribution in [0.15, 0.2) is 18.5 Å². The summed E-state index contributed by atoms with van der Waals surface area (Å²) >= 11 is 0. The van der Waals surface area contributed by atoms with Crippen molar-refractivity contribution in [2.45, 2.75) is 37.9 Å². The van der Waals surface area contributed by atoms with Gasteiger partial charge in [0.25, 0.3) is 5.91 Å². The molecule has 1 aromatic heterocycles. The molecule has 0 radical (unpaired) electrons. The van der Waals surface area contributed by atoms with E-state index in [-0.39, 0.29) is 17.6 Å². The Labute approximate surface area is 125 Å².